The number of carbonyl (C=O) groups is 3. The third-order valence-electron chi connectivity index (χ3n) is 8.90. The van der Waals surface area contributed by atoms with E-state index in [1.165, 1.54) is 17.0 Å². The molecule has 1 saturated heterocycles. The third-order valence-corrected chi connectivity index (χ3v) is 8.90. The molecule has 6 rings (SSSR count). The van der Waals surface area contributed by atoms with Crippen LogP contribution in [0.5, 0.6) is 0 Å². The number of carbonyl (C=O) groups excluding carboxylic acids is 3. The molecule has 3 aliphatic heterocycles. The summed E-state index contributed by atoms with van der Waals surface area (Å²) in [5.41, 5.74) is 3.20. The van der Waals surface area contributed by atoms with Crippen molar-refractivity contribution in [2.24, 2.45) is 11.3 Å². The number of anilines is 1. The molecule has 2 aromatic rings. The first-order valence-electron chi connectivity index (χ1n) is 14.5. The van der Waals surface area contributed by atoms with Gasteiger partial charge in [-0.05, 0) is 92.7 Å². The number of halogens is 2. The van der Waals surface area contributed by atoms with Crippen molar-refractivity contribution in [3.8, 4) is 0 Å². The van der Waals surface area contributed by atoms with Crippen LogP contribution < -0.4 is 16.0 Å². The Kier molecular flexibility index (Phi) is 7.57. The number of dihydropyridines is 1. The largest absolute Gasteiger partial charge is 0.368 e. The summed E-state index contributed by atoms with van der Waals surface area (Å²) in [7, 11) is 2.05. The molecular weight excluding hydrogens is 540 g/mol. The van der Waals surface area contributed by atoms with Crippen molar-refractivity contribution in [2.75, 3.05) is 38.5 Å². The lowest BCUT2D eigenvalue weighted by Gasteiger charge is -2.30. The Hall–Kier alpha value is -4.05. The van der Waals surface area contributed by atoms with Crippen molar-refractivity contribution in [1.29, 1.82) is 0 Å². The summed E-state index contributed by atoms with van der Waals surface area (Å²) in [4.78, 5) is 43.3. The SMILES string of the molecule is CN1CCC(CC(=O)N(CC(=O)Nc2ccc3c(c2)C[C@@]2(C3)C(=O)NC3=C2C=CCN3)Cc2cc(F)cc(F)c2)CC1. The van der Waals surface area contributed by atoms with E-state index in [0.717, 1.165) is 54.5 Å². The number of allylic oxidation sites excluding steroid dienone is 1. The standard InChI is InChI=1S/C32H35F2N5O3/c1-38-9-6-20(7-10-38)13-29(41)39(18-21-11-24(33)15-25(34)12-21)19-28(40)36-26-5-4-22-16-32(17-23(22)14-26)27-3-2-8-35-30(27)37-31(32)42/h2-5,11-12,14-15,20,35H,6-10,13,16-19H2,1H3,(H,36,40)(H,37,42)/t32-/m1/s1. The van der Waals surface area contributed by atoms with Crippen LogP contribution in [0, 0.1) is 23.0 Å². The van der Waals surface area contributed by atoms with Crippen molar-refractivity contribution < 1.29 is 23.2 Å². The molecule has 3 heterocycles. The minimum absolute atomic E-state index is 0.0270. The zero-order chi connectivity index (χ0) is 29.4. The molecule has 0 saturated carbocycles. The van der Waals surface area contributed by atoms with E-state index in [0.29, 0.717) is 25.1 Å². The molecule has 2 aromatic carbocycles. The van der Waals surface area contributed by atoms with Crippen molar-refractivity contribution in [3.63, 3.8) is 0 Å². The Labute approximate surface area is 243 Å². The molecule has 1 atom stereocenters. The van der Waals surface area contributed by atoms with Crippen molar-refractivity contribution in [2.45, 2.75) is 38.6 Å². The Morgan fingerprint density at radius 2 is 1.81 bits per heavy atom. The quantitative estimate of drug-likeness (QED) is 0.472. The number of nitrogens with one attached hydrogen (secondary N) is 3. The Bertz CT molecular complexity index is 1480. The van der Waals surface area contributed by atoms with Gasteiger partial charge in [0.05, 0.1) is 5.41 Å². The Balaban J connectivity index is 1.15. The van der Waals surface area contributed by atoms with Crippen LogP contribution in [0.2, 0.25) is 0 Å². The number of fused-ring (bicyclic) bond motifs is 2. The minimum Gasteiger partial charge on any atom is -0.368 e. The molecule has 1 fully saturated rings. The van der Waals surface area contributed by atoms with Gasteiger partial charge in [0.25, 0.3) is 0 Å². The van der Waals surface area contributed by atoms with E-state index in [1.54, 1.807) is 6.07 Å². The lowest BCUT2D eigenvalue weighted by atomic mass is 9.78. The zero-order valence-electron chi connectivity index (χ0n) is 23.6. The highest BCUT2D eigenvalue weighted by Crippen LogP contribution is 2.47. The number of nitrogens with zero attached hydrogens (tertiary/aromatic N) is 2. The summed E-state index contributed by atoms with van der Waals surface area (Å²) in [6.45, 7) is 2.15. The van der Waals surface area contributed by atoms with Gasteiger partial charge < -0.3 is 25.8 Å². The molecule has 220 valence electrons. The predicted octanol–water partition coefficient (Wildman–Crippen LogP) is 3.25. The van der Waals surface area contributed by atoms with Crippen molar-refractivity contribution >= 4 is 23.4 Å². The summed E-state index contributed by atoms with van der Waals surface area (Å²) in [6, 6.07) is 8.78. The molecule has 3 amide bonds. The van der Waals surface area contributed by atoms with Crippen molar-refractivity contribution in [3.05, 3.63) is 88.3 Å². The highest BCUT2D eigenvalue weighted by Gasteiger charge is 2.51. The average Bonchev–Trinajstić information content (AvgIpc) is 3.46. The van der Waals surface area contributed by atoms with Crippen molar-refractivity contribution in [1.82, 2.24) is 20.4 Å². The molecule has 0 bridgehead atoms. The van der Waals surface area contributed by atoms with Gasteiger partial charge in [0.2, 0.25) is 17.7 Å². The highest BCUT2D eigenvalue weighted by atomic mass is 19.1. The maximum absolute atomic E-state index is 13.9. The topological polar surface area (TPSA) is 93.8 Å². The van der Waals surface area contributed by atoms with Gasteiger partial charge in [0.15, 0.2) is 0 Å². The summed E-state index contributed by atoms with van der Waals surface area (Å²) in [5, 5.41) is 9.11. The Morgan fingerprint density at radius 3 is 2.57 bits per heavy atom. The number of benzene rings is 2. The summed E-state index contributed by atoms with van der Waals surface area (Å²) in [6.07, 6.45) is 7.17. The maximum Gasteiger partial charge on any atom is 0.244 e. The minimum atomic E-state index is -0.730. The molecule has 0 aromatic heterocycles. The summed E-state index contributed by atoms with van der Waals surface area (Å²) >= 11 is 0. The fourth-order valence-electron chi connectivity index (χ4n) is 6.66. The fourth-order valence-corrected chi connectivity index (χ4v) is 6.66. The number of hydrogen-bond donors (Lipinski definition) is 3. The van der Waals surface area contributed by atoms with Crippen LogP contribution in [0.25, 0.3) is 0 Å². The number of amides is 3. The molecule has 4 aliphatic rings. The Morgan fingerprint density at radius 1 is 1.07 bits per heavy atom. The van der Waals surface area contributed by atoms with E-state index in [4.69, 9.17) is 0 Å². The fraction of sp³-hybridized carbons (Fsp3) is 0.406. The van der Waals surface area contributed by atoms with E-state index in [2.05, 4.69) is 20.9 Å². The van der Waals surface area contributed by atoms with Gasteiger partial charge in [0, 0.05) is 36.8 Å². The van der Waals surface area contributed by atoms with E-state index in [9.17, 15) is 23.2 Å². The molecule has 1 spiro atoms. The summed E-state index contributed by atoms with van der Waals surface area (Å²) in [5.74, 6) is -1.14. The molecule has 0 radical (unpaired) electrons. The second-order valence-electron chi connectivity index (χ2n) is 12.0. The van der Waals surface area contributed by atoms with E-state index >= 15 is 0 Å². The van der Waals surface area contributed by atoms with E-state index in [-0.39, 0.29) is 42.8 Å². The first kappa shape index (κ1) is 28.1. The molecule has 42 heavy (non-hydrogen) atoms. The van der Waals surface area contributed by atoms with E-state index < -0.39 is 23.0 Å². The van der Waals surface area contributed by atoms with Gasteiger partial charge in [-0.3, -0.25) is 14.4 Å². The van der Waals surface area contributed by atoms with Gasteiger partial charge in [0.1, 0.15) is 24.0 Å². The number of piperidine rings is 1. The highest BCUT2D eigenvalue weighted by molar-refractivity contribution is 5.96. The number of hydrogen-bond acceptors (Lipinski definition) is 5. The van der Waals surface area contributed by atoms with Crippen LogP contribution >= 0.6 is 0 Å². The lowest BCUT2D eigenvalue weighted by molar-refractivity contribution is -0.136. The second-order valence-corrected chi connectivity index (χ2v) is 12.0. The van der Waals surface area contributed by atoms with Crippen LogP contribution in [0.4, 0.5) is 14.5 Å². The third kappa shape index (κ3) is 5.68. The van der Waals surface area contributed by atoms with Crippen LogP contribution in [0.15, 0.2) is 59.9 Å². The van der Waals surface area contributed by atoms with Crippen LogP contribution in [0.3, 0.4) is 0 Å². The number of rotatable bonds is 7. The smallest absolute Gasteiger partial charge is 0.244 e. The molecule has 0 unspecified atom stereocenters. The normalized spacial score (nSPS) is 21.6. The van der Waals surface area contributed by atoms with Gasteiger partial charge in [-0.15, -0.1) is 0 Å². The van der Waals surface area contributed by atoms with Gasteiger partial charge in [-0.1, -0.05) is 18.2 Å². The zero-order valence-corrected chi connectivity index (χ0v) is 23.6. The first-order valence-corrected chi connectivity index (χ1v) is 14.5. The predicted molar refractivity (Wildman–Crippen MR) is 154 cm³/mol. The molecule has 1 aliphatic carbocycles. The van der Waals surface area contributed by atoms with Gasteiger partial charge in [-0.25, -0.2) is 8.78 Å². The molecular formula is C32H35F2N5O3. The van der Waals surface area contributed by atoms with Crippen LogP contribution in [0.1, 0.15) is 36.0 Å². The molecule has 3 N–H and O–H groups in total. The maximum atomic E-state index is 13.9. The van der Waals surface area contributed by atoms with Gasteiger partial charge in [-0.2, -0.15) is 0 Å². The van der Waals surface area contributed by atoms with Crippen LogP contribution in [-0.4, -0.2) is 60.7 Å². The lowest BCUT2D eigenvalue weighted by Crippen LogP contribution is -2.39. The summed E-state index contributed by atoms with van der Waals surface area (Å²) < 4.78 is 27.8. The monoisotopic (exact) mass is 575 g/mol. The van der Waals surface area contributed by atoms with E-state index in [1.807, 2.05) is 31.3 Å². The van der Waals surface area contributed by atoms with Crippen LogP contribution in [-0.2, 0) is 33.8 Å². The number of likely N-dealkylation sites (tertiary alicyclic amines) is 1. The molecule has 10 heteroatoms. The second kappa shape index (κ2) is 11.3. The average molecular weight is 576 g/mol. The molecule has 8 nitrogen and oxygen atoms in total. The van der Waals surface area contributed by atoms with Gasteiger partial charge >= 0.3 is 0 Å². The first-order chi connectivity index (χ1) is 20.2.